The van der Waals surface area contributed by atoms with E-state index in [1.807, 2.05) is 24.3 Å². The van der Waals surface area contributed by atoms with Crippen molar-refractivity contribution in [1.82, 2.24) is 4.57 Å². The quantitative estimate of drug-likeness (QED) is 0.170. The minimum absolute atomic E-state index is 0.555. The van der Waals surface area contributed by atoms with Crippen LogP contribution < -0.4 is 15.9 Å². The van der Waals surface area contributed by atoms with Gasteiger partial charge in [0.2, 0.25) is 0 Å². The zero-order chi connectivity index (χ0) is 24.7. The number of alkyl halides is 1. The number of halogens is 2. The number of nitriles is 1. The van der Waals surface area contributed by atoms with E-state index in [4.69, 9.17) is 16.9 Å². The van der Waals surface area contributed by atoms with E-state index in [9.17, 15) is 0 Å². The Morgan fingerprint density at radius 1 is 0.771 bits per heavy atom. The molecule has 5 rings (SSSR count). The molecule has 1 aromatic heterocycles. The average Bonchev–Trinajstić information content (AvgIpc) is 3.24. The predicted octanol–water partition coefficient (Wildman–Crippen LogP) is 6.86. The summed E-state index contributed by atoms with van der Waals surface area (Å²) in [5, 5.41) is 14.3. The summed E-state index contributed by atoms with van der Waals surface area (Å²) in [6.45, 7) is 3.17. The number of hydrogen-bond acceptors (Lipinski definition) is 1. The third-order valence-electron chi connectivity index (χ3n) is 6.34. The maximum Gasteiger partial charge on any atom is 0.0992 e. The topological polar surface area (TPSA) is 28.7 Å². The molecule has 0 N–H and O–H groups in total. The first-order valence-electron chi connectivity index (χ1n) is 11.5. The van der Waals surface area contributed by atoms with E-state index in [0.717, 1.165) is 22.1 Å². The number of rotatable bonds is 5. The molecule has 0 atom stereocenters. The molecular formula is C30H27BrClN2P. The van der Waals surface area contributed by atoms with Crippen molar-refractivity contribution in [3.05, 3.63) is 125 Å². The summed E-state index contributed by atoms with van der Waals surface area (Å²) in [7, 11) is -1.88. The second kappa shape index (κ2) is 11.7. The second-order valence-corrected chi connectivity index (χ2v) is 13.6. The molecule has 0 aliphatic heterocycles. The van der Waals surface area contributed by atoms with Crippen molar-refractivity contribution in [2.24, 2.45) is 0 Å². The summed E-state index contributed by atoms with van der Waals surface area (Å²) in [6.07, 6.45) is 0. The van der Waals surface area contributed by atoms with Crippen LogP contribution in [-0.2, 0) is 6.54 Å². The molecule has 0 spiro atoms. The standard InChI is InChI=1S/C19H19P.C11H8BrClN2/c1-20(17-11-5-2-6-12-17,18-13-7-3-8-14-18)19-15-9-4-10-16-19;12-11-6-9-2-1-8(7-14)5-10(9)15(11)4-3-13/h2-16,20H,1H3;1-2,5-6H,3-4H2. The van der Waals surface area contributed by atoms with Crippen LogP contribution in [0.4, 0.5) is 0 Å². The zero-order valence-electron chi connectivity index (χ0n) is 19.5. The smallest absolute Gasteiger partial charge is 0.0992 e. The van der Waals surface area contributed by atoms with Gasteiger partial charge in [-0.15, -0.1) is 11.6 Å². The number of aryl methyl sites for hydroxylation is 1. The van der Waals surface area contributed by atoms with E-state index in [1.165, 1.54) is 15.9 Å². The van der Waals surface area contributed by atoms with Crippen LogP contribution in [0.5, 0.6) is 0 Å². The van der Waals surface area contributed by atoms with Crippen LogP contribution in [0.25, 0.3) is 10.9 Å². The molecule has 0 aliphatic carbocycles. The first kappa shape index (κ1) is 25.2. The van der Waals surface area contributed by atoms with Crippen molar-refractivity contribution in [2.45, 2.75) is 6.54 Å². The Hall–Kier alpha value is -2.89. The number of benzene rings is 4. The predicted molar refractivity (Wildman–Crippen MR) is 158 cm³/mol. The maximum atomic E-state index is 8.83. The summed E-state index contributed by atoms with van der Waals surface area (Å²) in [4.78, 5) is 0. The first-order valence-corrected chi connectivity index (χ1v) is 15.3. The summed E-state index contributed by atoms with van der Waals surface area (Å²) in [5.41, 5.74) is 1.71. The van der Waals surface area contributed by atoms with Gasteiger partial charge in [0.25, 0.3) is 0 Å². The molecule has 0 saturated carbocycles. The van der Waals surface area contributed by atoms with Crippen LogP contribution in [0.2, 0.25) is 0 Å². The minimum Gasteiger partial charge on any atom is -0.334 e. The molecule has 35 heavy (non-hydrogen) atoms. The molecule has 0 fully saturated rings. The van der Waals surface area contributed by atoms with Crippen molar-refractivity contribution in [2.75, 3.05) is 12.5 Å². The van der Waals surface area contributed by atoms with Gasteiger partial charge in [-0.05, 0) is 34.1 Å². The van der Waals surface area contributed by atoms with Crippen molar-refractivity contribution in [3.8, 4) is 6.07 Å². The van der Waals surface area contributed by atoms with Crippen LogP contribution in [0.1, 0.15) is 5.56 Å². The van der Waals surface area contributed by atoms with Gasteiger partial charge in [0.1, 0.15) is 0 Å². The maximum absolute atomic E-state index is 8.83. The molecule has 5 aromatic rings. The Morgan fingerprint density at radius 2 is 1.26 bits per heavy atom. The monoisotopic (exact) mass is 560 g/mol. The van der Waals surface area contributed by atoms with E-state index < -0.39 is 7.26 Å². The Morgan fingerprint density at radius 3 is 1.69 bits per heavy atom. The SMILES string of the molecule is C[PH](c1ccccc1)(c1ccccc1)c1ccccc1.N#Cc1ccc2cc(Br)n(CCCl)c2c1. The summed E-state index contributed by atoms with van der Waals surface area (Å²) >= 11 is 9.21. The second-order valence-electron chi connectivity index (χ2n) is 8.42. The fourth-order valence-electron chi connectivity index (χ4n) is 4.42. The van der Waals surface area contributed by atoms with Gasteiger partial charge in [-0.2, -0.15) is 5.26 Å². The van der Waals surface area contributed by atoms with Gasteiger partial charge in [-0.1, -0.05) is 6.07 Å². The third-order valence-corrected chi connectivity index (χ3v) is 11.6. The number of nitrogens with zero attached hydrogens (tertiary/aromatic N) is 2. The summed E-state index contributed by atoms with van der Waals surface area (Å²) in [5.74, 6) is 0.555. The Kier molecular flexibility index (Phi) is 8.42. The molecule has 2 nitrogen and oxygen atoms in total. The molecule has 4 aromatic carbocycles. The first-order chi connectivity index (χ1) is 17.1. The largest absolute Gasteiger partial charge is 0.334 e. The van der Waals surface area contributed by atoms with E-state index in [2.05, 4.69) is 124 Å². The molecule has 0 saturated heterocycles. The van der Waals surface area contributed by atoms with Crippen molar-refractivity contribution >= 4 is 61.6 Å². The Bertz CT molecular complexity index is 1330. The average molecular weight is 562 g/mol. The number of aromatic nitrogens is 1. The summed E-state index contributed by atoms with van der Waals surface area (Å²) < 4.78 is 3.05. The molecule has 0 amide bonds. The van der Waals surface area contributed by atoms with Crippen LogP contribution in [0, 0.1) is 11.3 Å². The fraction of sp³-hybridized carbons (Fsp3) is 0.100. The van der Waals surface area contributed by atoms with E-state index in [-0.39, 0.29) is 0 Å². The zero-order valence-corrected chi connectivity index (χ0v) is 22.9. The molecule has 0 radical (unpaired) electrons. The molecule has 1 heterocycles. The van der Waals surface area contributed by atoms with Crippen LogP contribution in [0.15, 0.2) is 120 Å². The van der Waals surface area contributed by atoms with E-state index >= 15 is 0 Å². The van der Waals surface area contributed by atoms with Gasteiger partial charge in [-0.3, -0.25) is 0 Å². The minimum atomic E-state index is -1.88. The van der Waals surface area contributed by atoms with Crippen molar-refractivity contribution in [3.63, 3.8) is 0 Å². The normalized spacial score (nSPS) is 11.4. The Balaban J connectivity index is 0.000000172. The molecule has 176 valence electrons. The molecule has 0 bridgehead atoms. The van der Waals surface area contributed by atoms with Crippen molar-refractivity contribution < 1.29 is 0 Å². The molecule has 5 heteroatoms. The summed E-state index contributed by atoms with van der Waals surface area (Å²) in [6, 6.07) is 42.6. The van der Waals surface area contributed by atoms with Gasteiger partial charge in [0.05, 0.1) is 21.8 Å². The van der Waals surface area contributed by atoms with Gasteiger partial charge in [0, 0.05) is 17.8 Å². The van der Waals surface area contributed by atoms with Crippen LogP contribution in [0.3, 0.4) is 0 Å². The van der Waals surface area contributed by atoms with E-state index in [1.54, 1.807) is 0 Å². The van der Waals surface area contributed by atoms with Gasteiger partial charge >= 0.3 is 121 Å². The van der Waals surface area contributed by atoms with Crippen LogP contribution in [-0.4, -0.2) is 17.1 Å². The number of hydrogen-bond donors (Lipinski definition) is 0. The third kappa shape index (κ3) is 5.52. The van der Waals surface area contributed by atoms with Gasteiger partial charge < -0.3 is 4.57 Å². The van der Waals surface area contributed by atoms with Crippen LogP contribution >= 0.6 is 34.8 Å². The molecule has 0 aliphatic rings. The Labute approximate surface area is 221 Å². The van der Waals surface area contributed by atoms with Gasteiger partial charge in [0.15, 0.2) is 0 Å². The molecule has 0 unspecified atom stereocenters. The van der Waals surface area contributed by atoms with Crippen molar-refractivity contribution in [1.29, 1.82) is 5.26 Å². The molecular weight excluding hydrogens is 535 g/mol. The number of fused-ring (bicyclic) bond motifs is 1. The van der Waals surface area contributed by atoms with E-state index in [0.29, 0.717) is 11.4 Å². The van der Waals surface area contributed by atoms with Gasteiger partial charge in [-0.25, -0.2) is 0 Å². The fourth-order valence-corrected chi connectivity index (χ4v) is 8.78.